The molecule has 3 rings (SSSR count). The molecule has 6 nitrogen and oxygen atoms in total. The summed E-state index contributed by atoms with van der Waals surface area (Å²) in [4.78, 5) is 37.6. The van der Waals surface area contributed by atoms with Gasteiger partial charge in [-0.15, -0.1) is 0 Å². The number of hydrogen-bond donors (Lipinski definition) is 2. The largest absolute Gasteiger partial charge is 0.481 e. The Morgan fingerprint density at radius 3 is 2.27 bits per heavy atom. The molecule has 2 amide bonds. The summed E-state index contributed by atoms with van der Waals surface area (Å²) in [5.41, 5.74) is 0.933. The molecule has 1 aliphatic carbocycles. The minimum atomic E-state index is -0.783. The smallest absolute Gasteiger partial charge is 0.306 e. The van der Waals surface area contributed by atoms with Gasteiger partial charge in [-0.05, 0) is 43.4 Å². The predicted molar refractivity (Wildman–Crippen MR) is 96.6 cm³/mol. The lowest BCUT2D eigenvalue weighted by molar-refractivity contribution is -0.144. The number of nitrogens with zero attached hydrogens (tertiary/aromatic N) is 1. The van der Waals surface area contributed by atoms with Gasteiger partial charge in [0.05, 0.1) is 18.0 Å². The molecule has 1 aromatic rings. The molecule has 2 N–H and O–H groups in total. The second-order valence-electron chi connectivity index (χ2n) is 7.21. The van der Waals surface area contributed by atoms with Crippen LogP contribution in [0.1, 0.15) is 43.7 Å². The molecule has 1 saturated heterocycles. The van der Waals surface area contributed by atoms with Crippen LogP contribution < -0.4 is 5.32 Å². The van der Waals surface area contributed by atoms with E-state index in [1.165, 1.54) is 0 Å². The second kappa shape index (κ2) is 7.66. The van der Waals surface area contributed by atoms with Crippen LogP contribution in [-0.4, -0.2) is 40.9 Å². The van der Waals surface area contributed by atoms with Gasteiger partial charge in [0.1, 0.15) is 0 Å². The van der Waals surface area contributed by atoms with Crippen molar-refractivity contribution in [3.8, 4) is 0 Å². The maximum absolute atomic E-state index is 12.7. The molecular weight excluding hydrogens is 356 g/mol. The SMILES string of the molecule is CN1C(=O)CC(NC(=O)C2CCC(C(=O)O)CC2)C1c1ccc(Cl)cc1. The Morgan fingerprint density at radius 2 is 1.69 bits per heavy atom. The van der Waals surface area contributed by atoms with E-state index in [9.17, 15) is 14.4 Å². The van der Waals surface area contributed by atoms with Gasteiger partial charge in [-0.25, -0.2) is 0 Å². The van der Waals surface area contributed by atoms with Crippen molar-refractivity contribution in [3.63, 3.8) is 0 Å². The Labute approximate surface area is 157 Å². The lowest BCUT2D eigenvalue weighted by Crippen LogP contribution is -2.43. The summed E-state index contributed by atoms with van der Waals surface area (Å²) in [6, 6.07) is 6.79. The molecular formula is C19H23ClN2O4. The number of amides is 2. The fraction of sp³-hybridized carbons (Fsp3) is 0.526. The Balaban J connectivity index is 1.67. The van der Waals surface area contributed by atoms with E-state index in [0.717, 1.165) is 5.56 Å². The summed E-state index contributed by atoms with van der Waals surface area (Å²) in [5, 5.41) is 12.7. The molecule has 1 saturated carbocycles. The first-order valence-electron chi connectivity index (χ1n) is 8.91. The Bertz CT molecular complexity index is 698. The molecule has 1 aromatic carbocycles. The number of hydrogen-bond acceptors (Lipinski definition) is 3. The maximum atomic E-state index is 12.7. The van der Waals surface area contributed by atoms with E-state index in [-0.39, 0.29) is 42.2 Å². The number of nitrogens with one attached hydrogen (secondary N) is 1. The average molecular weight is 379 g/mol. The summed E-state index contributed by atoms with van der Waals surface area (Å²) in [5.74, 6) is -1.40. The van der Waals surface area contributed by atoms with Gasteiger partial charge in [0.25, 0.3) is 0 Å². The van der Waals surface area contributed by atoms with Crippen LogP contribution >= 0.6 is 11.6 Å². The van der Waals surface area contributed by atoms with E-state index in [0.29, 0.717) is 30.7 Å². The molecule has 2 aliphatic rings. The molecule has 26 heavy (non-hydrogen) atoms. The normalized spacial score (nSPS) is 28.8. The standard InChI is InChI=1S/C19H23ClN2O4/c1-22-16(23)10-15(17(22)11-6-8-14(20)9-7-11)21-18(24)12-2-4-13(5-3-12)19(25)26/h6-9,12-13,15,17H,2-5,10H2,1H3,(H,21,24)(H,25,26). The van der Waals surface area contributed by atoms with Crippen LogP contribution in [0.5, 0.6) is 0 Å². The summed E-state index contributed by atoms with van der Waals surface area (Å²) < 4.78 is 0. The zero-order chi connectivity index (χ0) is 18.8. The van der Waals surface area contributed by atoms with Gasteiger partial charge in [-0.2, -0.15) is 0 Å². The summed E-state index contributed by atoms with van der Waals surface area (Å²) in [6.07, 6.45) is 2.46. The highest BCUT2D eigenvalue weighted by Gasteiger charge is 2.40. The summed E-state index contributed by atoms with van der Waals surface area (Å²) in [6.45, 7) is 0. The molecule has 2 atom stereocenters. The number of rotatable bonds is 4. The van der Waals surface area contributed by atoms with Crippen molar-refractivity contribution in [1.82, 2.24) is 10.2 Å². The van der Waals surface area contributed by atoms with E-state index in [2.05, 4.69) is 5.32 Å². The van der Waals surface area contributed by atoms with Crippen LogP contribution in [0.2, 0.25) is 5.02 Å². The third kappa shape index (κ3) is 3.85. The monoisotopic (exact) mass is 378 g/mol. The van der Waals surface area contributed by atoms with Crippen molar-refractivity contribution >= 4 is 29.4 Å². The van der Waals surface area contributed by atoms with E-state index in [1.807, 2.05) is 12.1 Å². The minimum absolute atomic E-state index is 0.00941. The maximum Gasteiger partial charge on any atom is 0.306 e. The second-order valence-corrected chi connectivity index (χ2v) is 7.64. The number of aliphatic carboxylic acids is 1. The van der Waals surface area contributed by atoms with Crippen LogP contribution in [0.15, 0.2) is 24.3 Å². The summed E-state index contributed by atoms with van der Waals surface area (Å²) in [7, 11) is 1.74. The van der Waals surface area contributed by atoms with E-state index in [4.69, 9.17) is 16.7 Å². The number of likely N-dealkylation sites (tertiary alicyclic amines) is 1. The third-order valence-electron chi connectivity index (χ3n) is 5.57. The van der Waals surface area contributed by atoms with Gasteiger partial charge < -0.3 is 15.3 Å². The first-order chi connectivity index (χ1) is 12.4. The summed E-state index contributed by atoms with van der Waals surface area (Å²) >= 11 is 5.95. The zero-order valence-electron chi connectivity index (χ0n) is 14.7. The number of carboxylic acids is 1. The van der Waals surface area contributed by atoms with E-state index < -0.39 is 5.97 Å². The molecule has 7 heteroatoms. The van der Waals surface area contributed by atoms with Gasteiger partial charge in [0.2, 0.25) is 11.8 Å². The molecule has 0 bridgehead atoms. The molecule has 0 aromatic heterocycles. The molecule has 2 unspecified atom stereocenters. The number of carboxylic acid groups (broad SMARTS) is 1. The van der Waals surface area contributed by atoms with Crippen LogP contribution in [0, 0.1) is 11.8 Å². The fourth-order valence-corrected chi connectivity index (χ4v) is 4.14. The van der Waals surface area contributed by atoms with Gasteiger partial charge in [-0.3, -0.25) is 14.4 Å². The number of carbonyl (C=O) groups is 3. The van der Waals surface area contributed by atoms with Gasteiger partial charge in [-0.1, -0.05) is 23.7 Å². The minimum Gasteiger partial charge on any atom is -0.481 e. The third-order valence-corrected chi connectivity index (χ3v) is 5.82. The average Bonchev–Trinajstić information content (AvgIpc) is 2.89. The fourth-order valence-electron chi connectivity index (χ4n) is 4.02. The van der Waals surface area contributed by atoms with Gasteiger partial charge >= 0.3 is 5.97 Å². The quantitative estimate of drug-likeness (QED) is 0.843. The highest BCUT2D eigenvalue weighted by atomic mass is 35.5. The van der Waals surface area contributed by atoms with Crippen LogP contribution in [0.4, 0.5) is 0 Å². The van der Waals surface area contributed by atoms with Gasteiger partial charge in [0, 0.05) is 24.4 Å². The van der Waals surface area contributed by atoms with Crippen LogP contribution in [0.25, 0.3) is 0 Å². The lowest BCUT2D eigenvalue weighted by atomic mass is 9.81. The van der Waals surface area contributed by atoms with Crippen molar-refractivity contribution < 1.29 is 19.5 Å². The van der Waals surface area contributed by atoms with Gasteiger partial charge in [0.15, 0.2) is 0 Å². The Morgan fingerprint density at radius 1 is 1.12 bits per heavy atom. The predicted octanol–water partition coefficient (Wildman–Crippen LogP) is 2.62. The van der Waals surface area contributed by atoms with Crippen LogP contribution in [0.3, 0.4) is 0 Å². The molecule has 2 fully saturated rings. The first-order valence-corrected chi connectivity index (χ1v) is 9.29. The number of benzene rings is 1. The first kappa shape index (κ1) is 18.7. The molecule has 1 aliphatic heterocycles. The molecule has 0 radical (unpaired) electrons. The topological polar surface area (TPSA) is 86.7 Å². The zero-order valence-corrected chi connectivity index (χ0v) is 15.4. The van der Waals surface area contributed by atoms with E-state index in [1.54, 1.807) is 24.1 Å². The number of carbonyl (C=O) groups excluding carboxylic acids is 2. The Kier molecular flexibility index (Phi) is 5.51. The number of halogens is 1. The van der Waals surface area contributed by atoms with Crippen LogP contribution in [-0.2, 0) is 14.4 Å². The highest BCUT2D eigenvalue weighted by Crippen LogP contribution is 2.34. The lowest BCUT2D eigenvalue weighted by Gasteiger charge is -2.29. The van der Waals surface area contributed by atoms with Crippen molar-refractivity contribution in [1.29, 1.82) is 0 Å². The molecule has 140 valence electrons. The van der Waals surface area contributed by atoms with Crippen molar-refractivity contribution in [3.05, 3.63) is 34.9 Å². The van der Waals surface area contributed by atoms with Crippen molar-refractivity contribution in [2.45, 2.75) is 44.2 Å². The van der Waals surface area contributed by atoms with E-state index >= 15 is 0 Å². The van der Waals surface area contributed by atoms with Crippen molar-refractivity contribution in [2.24, 2.45) is 11.8 Å². The molecule has 0 spiro atoms. The van der Waals surface area contributed by atoms with Crippen molar-refractivity contribution in [2.75, 3.05) is 7.05 Å². The Hall–Kier alpha value is -2.08. The highest BCUT2D eigenvalue weighted by molar-refractivity contribution is 6.30. The molecule has 1 heterocycles. The number of likely N-dealkylation sites (N-methyl/N-ethyl adjacent to an activating group) is 1.